The molecule has 2 rings (SSSR count). The van der Waals surface area contributed by atoms with Crippen LogP contribution < -0.4 is 0 Å². The number of halogens is 3. The lowest BCUT2D eigenvalue weighted by atomic mass is 10.1. The third-order valence-electron chi connectivity index (χ3n) is 3.53. The minimum absolute atomic E-state index is 0.133. The summed E-state index contributed by atoms with van der Waals surface area (Å²) in [5.41, 5.74) is 0.783. The van der Waals surface area contributed by atoms with E-state index in [0.29, 0.717) is 15.6 Å². The monoisotopic (exact) mass is 359 g/mol. The number of nitrogens with zero attached hydrogens (tertiary/aromatic N) is 3. The van der Waals surface area contributed by atoms with Crippen LogP contribution in [-0.2, 0) is 11.9 Å². The van der Waals surface area contributed by atoms with Gasteiger partial charge in [0.1, 0.15) is 5.56 Å². The Hall–Kier alpha value is -1.63. The Kier molecular flexibility index (Phi) is 5.29. The van der Waals surface area contributed by atoms with Crippen molar-refractivity contribution in [1.82, 2.24) is 14.8 Å². The lowest BCUT2D eigenvalue weighted by Crippen LogP contribution is -2.33. The van der Waals surface area contributed by atoms with E-state index in [1.807, 2.05) is 0 Å². The SMILES string of the molecule is CON(C(=O)c1c(C)nn(C)c1F)C(C)c1ccc(Cl)cc1Cl. The van der Waals surface area contributed by atoms with E-state index >= 15 is 0 Å². The predicted molar refractivity (Wildman–Crippen MR) is 86.0 cm³/mol. The van der Waals surface area contributed by atoms with Crippen LogP contribution in [0.15, 0.2) is 18.2 Å². The molecule has 1 unspecified atom stereocenters. The molecule has 0 spiro atoms. The number of aryl methyl sites for hydroxylation is 2. The number of hydrogen-bond acceptors (Lipinski definition) is 3. The first kappa shape index (κ1) is 17.7. The summed E-state index contributed by atoms with van der Waals surface area (Å²) in [6, 6.07) is 4.38. The Balaban J connectivity index is 2.40. The van der Waals surface area contributed by atoms with Gasteiger partial charge in [-0.1, -0.05) is 29.3 Å². The summed E-state index contributed by atoms with van der Waals surface area (Å²) in [5.74, 6) is -1.35. The molecule has 1 atom stereocenters. The van der Waals surface area contributed by atoms with E-state index in [1.54, 1.807) is 32.0 Å². The van der Waals surface area contributed by atoms with Crippen LogP contribution >= 0.6 is 23.2 Å². The Morgan fingerprint density at radius 1 is 1.43 bits per heavy atom. The van der Waals surface area contributed by atoms with Crippen LogP contribution in [-0.4, -0.2) is 27.9 Å². The molecule has 23 heavy (non-hydrogen) atoms. The van der Waals surface area contributed by atoms with Gasteiger partial charge in [-0.3, -0.25) is 9.63 Å². The van der Waals surface area contributed by atoms with E-state index in [4.69, 9.17) is 28.0 Å². The third kappa shape index (κ3) is 3.34. The zero-order chi connectivity index (χ0) is 17.3. The summed E-state index contributed by atoms with van der Waals surface area (Å²) >= 11 is 12.1. The molecule has 0 fully saturated rings. The van der Waals surface area contributed by atoms with Gasteiger partial charge < -0.3 is 0 Å². The van der Waals surface area contributed by atoms with Gasteiger partial charge in [-0.2, -0.15) is 9.49 Å². The molecule has 0 saturated carbocycles. The van der Waals surface area contributed by atoms with Gasteiger partial charge in [0.25, 0.3) is 5.91 Å². The number of carbonyl (C=O) groups excluding carboxylic acids is 1. The van der Waals surface area contributed by atoms with Crippen LogP contribution in [0.1, 0.15) is 34.6 Å². The topological polar surface area (TPSA) is 47.4 Å². The zero-order valence-electron chi connectivity index (χ0n) is 13.1. The molecule has 0 radical (unpaired) electrons. The van der Waals surface area contributed by atoms with E-state index in [9.17, 15) is 9.18 Å². The summed E-state index contributed by atoms with van der Waals surface area (Å²) in [7, 11) is 2.76. The molecule has 8 heteroatoms. The third-order valence-corrected chi connectivity index (χ3v) is 4.09. The van der Waals surface area contributed by atoms with Gasteiger partial charge >= 0.3 is 0 Å². The van der Waals surface area contributed by atoms with Crippen molar-refractivity contribution in [3.63, 3.8) is 0 Å². The van der Waals surface area contributed by atoms with E-state index in [1.165, 1.54) is 14.2 Å². The van der Waals surface area contributed by atoms with Crippen LogP contribution in [0, 0.1) is 12.9 Å². The minimum atomic E-state index is -0.719. The molecule has 0 aliphatic heterocycles. The van der Waals surface area contributed by atoms with E-state index in [2.05, 4.69) is 5.10 Å². The van der Waals surface area contributed by atoms with E-state index < -0.39 is 17.9 Å². The van der Waals surface area contributed by atoms with Crippen LogP contribution in [0.2, 0.25) is 10.0 Å². The van der Waals surface area contributed by atoms with Crippen molar-refractivity contribution < 1.29 is 14.0 Å². The Morgan fingerprint density at radius 2 is 2.09 bits per heavy atom. The highest BCUT2D eigenvalue weighted by molar-refractivity contribution is 6.35. The van der Waals surface area contributed by atoms with Crippen molar-refractivity contribution in [2.75, 3.05) is 7.11 Å². The van der Waals surface area contributed by atoms with Crippen molar-refractivity contribution in [2.24, 2.45) is 7.05 Å². The molecule has 124 valence electrons. The maximum atomic E-state index is 14.1. The first-order chi connectivity index (χ1) is 10.8. The molecule has 1 heterocycles. The summed E-state index contributed by atoms with van der Waals surface area (Å²) in [6.07, 6.45) is 0. The maximum Gasteiger partial charge on any atom is 0.284 e. The first-order valence-electron chi connectivity index (χ1n) is 6.79. The molecule has 0 N–H and O–H groups in total. The van der Waals surface area contributed by atoms with Gasteiger partial charge in [-0.25, -0.2) is 9.75 Å². The fourth-order valence-electron chi connectivity index (χ4n) is 2.37. The van der Waals surface area contributed by atoms with Crippen molar-refractivity contribution >= 4 is 29.1 Å². The first-order valence-corrected chi connectivity index (χ1v) is 7.55. The fraction of sp³-hybridized carbons (Fsp3) is 0.333. The molecule has 2 aromatic rings. The zero-order valence-corrected chi connectivity index (χ0v) is 14.6. The number of rotatable bonds is 4. The molecular formula is C15H16Cl2FN3O2. The summed E-state index contributed by atoms with van der Waals surface area (Å²) < 4.78 is 15.1. The lowest BCUT2D eigenvalue weighted by molar-refractivity contribution is -0.121. The highest BCUT2D eigenvalue weighted by Crippen LogP contribution is 2.31. The Bertz CT molecular complexity index is 749. The van der Waals surface area contributed by atoms with Gasteiger partial charge in [-0.15, -0.1) is 0 Å². The predicted octanol–water partition coefficient (Wildman–Crippen LogP) is 3.94. The number of amides is 1. The van der Waals surface area contributed by atoms with Crippen LogP contribution in [0.25, 0.3) is 0 Å². The quantitative estimate of drug-likeness (QED) is 0.776. The molecule has 0 aliphatic carbocycles. The van der Waals surface area contributed by atoms with Crippen molar-refractivity contribution in [2.45, 2.75) is 19.9 Å². The van der Waals surface area contributed by atoms with Gasteiger partial charge in [0, 0.05) is 17.1 Å². The largest absolute Gasteiger partial charge is 0.284 e. The highest BCUT2D eigenvalue weighted by Gasteiger charge is 2.30. The van der Waals surface area contributed by atoms with Gasteiger partial charge in [-0.05, 0) is 31.5 Å². The van der Waals surface area contributed by atoms with Crippen LogP contribution in [0.3, 0.4) is 0 Å². The maximum absolute atomic E-state index is 14.1. The second kappa shape index (κ2) is 6.86. The van der Waals surface area contributed by atoms with E-state index in [-0.39, 0.29) is 11.3 Å². The number of carbonyl (C=O) groups is 1. The minimum Gasteiger partial charge on any atom is -0.273 e. The molecule has 0 aliphatic rings. The van der Waals surface area contributed by atoms with Gasteiger partial charge in [0.15, 0.2) is 0 Å². The Labute approximate surface area is 143 Å². The molecule has 1 aromatic carbocycles. The smallest absolute Gasteiger partial charge is 0.273 e. The number of hydroxylamine groups is 2. The van der Waals surface area contributed by atoms with Crippen LogP contribution in [0.4, 0.5) is 4.39 Å². The average Bonchev–Trinajstić information content (AvgIpc) is 2.72. The molecule has 1 amide bonds. The molecular weight excluding hydrogens is 344 g/mol. The summed E-state index contributed by atoms with van der Waals surface area (Å²) in [5, 5.41) is 5.84. The van der Waals surface area contributed by atoms with Gasteiger partial charge in [0.2, 0.25) is 5.95 Å². The van der Waals surface area contributed by atoms with Gasteiger partial charge in [0.05, 0.1) is 18.8 Å². The van der Waals surface area contributed by atoms with Crippen molar-refractivity contribution in [3.05, 3.63) is 51.0 Å². The molecule has 5 nitrogen and oxygen atoms in total. The molecule has 0 bridgehead atoms. The highest BCUT2D eigenvalue weighted by atomic mass is 35.5. The fourth-order valence-corrected chi connectivity index (χ4v) is 2.93. The second-order valence-electron chi connectivity index (χ2n) is 5.03. The Morgan fingerprint density at radius 3 is 2.57 bits per heavy atom. The molecule has 0 saturated heterocycles. The summed E-state index contributed by atoms with van der Waals surface area (Å²) in [6.45, 7) is 3.28. The normalized spacial score (nSPS) is 12.3. The number of aromatic nitrogens is 2. The van der Waals surface area contributed by atoms with Crippen molar-refractivity contribution in [3.8, 4) is 0 Å². The number of hydrogen-bond donors (Lipinski definition) is 0. The van der Waals surface area contributed by atoms with Crippen molar-refractivity contribution in [1.29, 1.82) is 0 Å². The standard InChI is InChI=1S/C15H16Cl2FN3O2/c1-8-13(14(18)20(3)19-8)15(22)21(23-4)9(2)11-6-5-10(16)7-12(11)17/h5-7,9H,1-4H3. The average molecular weight is 360 g/mol. The number of benzene rings is 1. The van der Waals surface area contributed by atoms with E-state index in [0.717, 1.165) is 9.75 Å². The van der Waals surface area contributed by atoms with Crippen LogP contribution in [0.5, 0.6) is 0 Å². The second-order valence-corrected chi connectivity index (χ2v) is 5.87. The summed E-state index contributed by atoms with van der Waals surface area (Å²) in [4.78, 5) is 17.8. The molecule has 1 aromatic heterocycles. The lowest BCUT2D eigenvalue weighted by Gasteiger charge is -2.27.